The van der Waals surface area contributed by atoms with Gasteiger partial charge in [-0.2, -0.15) is 0 Å². The van der Waals surface area contributed by atoms with Crippen molar-refractivity contribution in [3.63, 3.8) is 0 Å². The Morgan fingerprint density at radius 2 is 2.20 bits per heavy atom. The summed E-state index contributed by atoms with van der Waals surface area (Å²) < 4.78 is 0. The van der Waals surface area contributed by atoms with Gasteiger partial charge >= 0.3 is 0 Å². The summed E-state index contributed by atoms with van der Waals surface area (Å²) in [4.78, 5) is 6.39. The lowest BCUT2D eigenvalue weighted by Gasteiger charge is -2.16. The van der Waals surface area contributed by atoms with Crippen LogP contribution in [0.4, 0.5) is 0 Å². The van der Waals surface area contributed by atoms with Crippen molar-refractivity contribution in [3.8, 4) is 0 Å². The number of nitrogens with zero attached hydrogens (tertiary/aromatic N) is 2. The highest BCUT2D eigenvalue weighted by Crippen LogP contribution is 2.07. The minimum Gasteiger partial charge on any atom is -0.363 e. The molecule has 0 aromatic carbocycles. The van der Waals surface area contributed by atoms with Crippen LogP contribution < -0.4 is 0 Å². The standard InChI is InChI=1S/C8H14N2/c1-7-4-5-9-8(6-7)10(2)3/h6H,4-5H2,1-3H3. The number of rotatable bonds is 0. The van der Waals surface area contributed by atoms with Crippen molar-refractivity contribution in [2.45, 2.75) is 13.3 Å². The van der Waals surface area contributed by atoms with Crippen molar-refractivity contribution in [1.29, 1.82) is 0 Å². The first-order chi connectivity index (χ1) is 4.70. The molecule has 0 radical (unpaired) electrons. The fourth-order valence-corrected chi connectivity index (χ4v) is 0.956. The predicted octanol–water partition coefficient (Wildman–Crippen LogP) is 1.30. The van der Waals surface area contributed by atoms with E-state index in [1.807, 2.05) is 19.0 Å². The summed E-state index contributed by atoms with van der Waals surface area (Å²) in [5.74, 6) is 1.10. The van der Waals surface area contributed by atoms with Crippen molar-refractivity contribution in [2.75, 3.05) is 20.6 Å². The van der Waals surface area contributed by atoms with Crippen LogP contribution in [0.3, 0.4) is 0 Å². The van der Waals surface area contributed by atoms with E-state index < -0.39 is 0 Å². The fraction of sp³-hybridized carbons (Fsp3) is 0.625. The summed E-state index contributed by atoms with van der Waals surface area (Å²) in [6.45, 7) is 3.11. The third kappa shape index (κ3) is 1.59. The molecule has 0 bridgehead atoms. The zero-order valence-corrected chi connectivity index (χ0v) is 6.89. The Labute approximate surface area is 62.3 Å². The van der Waals surface area contributed by atoms with Crippen molar-refractivity contribution in [2.24, 2.45) is 4.99 Å². The van der Waals surface area contributed by atoms with Crippen molar-refractivity contribution < 1.29 is 0 Å². The Morgan fingerprint density at radius 1 is 1.50 bits per heavy atom. The van der Waals surface area contributed by atoms with Gasteiger partial charge in [0.25, 0.3) is 0 Å². The quantitative estimate of drug-likeness (QED) is 0.492. The molecule has 0 saturated carbocycles. The molecule has 2 heteroatoms. The zero-order chi connectivity index (χ0) is 7.56. The second kappa shape index (κ2) is 2.86. The first-order valence-electron chi connectivity index (χ1n) is 3.59. The molecule has 0 aliphatic carbocycles. The molecule has 0 atom stereocenters. The maximum atomic E-state index is 4.35. The zero-order valence-electron chi connectivity index (χ0n) is 6.89. The van der Waals surface area contributed by atoms with Crippen LogP contribution in [0.25, 0.3) is 0 Å². The average molecular weight is 138 g/mol. The van der Waals surface area contributed by atoms with E-state index in [2.05, 4.69) is 18.0 Å². The normalized spacial score (nSPS) is 17.9. The monoisotopic (exact) mass is 138 g/mol. The topological polar surface area (TPSA) is 15.6 Å². The lowest BCUT2D eigenvalue weighted by Crippen LogP contribution is -2.22. The average Bonchev–Trinajstić information content (AvgIpc) is 1.88. The first-order valence-corrected chi connectivity index (χ1v) is 3.59. The number of dihydropyridines is 1. The summed E-state index contributed by atoms with van der Waals surface area (Å²) in [6, 6.07) is 0. The van der Waals surface area contributed by atoms with Gasteiger partial charge in [0.1, 0.15) is 5.84 Å². The van der Waals surface area contributed by atoms with Gasteiger partial charge in [0, 0.05) is 20.6 Å². The van der Waals surface area contributed by atoms with Crippen LogP contribution in [0.2, 0.25) is 0 Å². The second-order valence-electron chi connectivity index (χ2n) is 2.88. The van der Waals surface area contributed by atoms with E-state index >= 15 is 0 Å². The molecular weight excluding hydrogens is 124 g/mol. The van der Waals surface area contributed by atoms with Gasteiger partial charge in [0.2, 0.25) is 0 Å². The highest BCUT2D eigenvalue weighted by Gasteiger charge is 2.03. The Hall–Kier alpha value is -0.790. The number of aliphatic imine (C=N–C) groups is 1. The van der Waals surface area contributed by atoms with E-state index in [0.717, 1.165) is 18.8 Å². The summed E-state index contributed by atoms with van der Waals surface area (Å²) in [7, 11) is 4.04. The molecule has 1 aliphatic heterocycles. The van der Waals surface area contributed by atoms with Crippen molar-refractivity contribution in [1.82, 2.24) is 4.90 Å². The Balaban J connectivity index is 2.69. The molecule has 1 heterocycles. The van der Waals surface area contributed by atoms with Gasteiger partial charge in [-0.1, -0.05) is 5.57 Å². The molecule has 1 aliphatic rings. The maximum Gasteiger partial charge on any atom is 0.122 e. The Morgan fingerprint density at radius 3 is 2.60 bits per heavy atom. The third-order valence-corrected chi connectivity index (χ3v) is 1.61. The van der Waals surface area contributed by atoms with E-state index in [0.29, 0.717) is 0 Å². The highest BCUT2D eigenvalue weighted by atomic mass is 15.1. The summed E-state index contributed by atoms with van der Waals surface area (Å²) in [6.07, 6.45) is 3.26. The van der Waals surface area contributed by atoms with Crippen LogP contribution in [0.15, 0.2) is 16.6 Å². The lowest BCUT2D eigenvalue weighted by molar-refractivity contribution is 0.617. The highest BCUT2D eigenvalue weighted by molar-refractivity contribution is 5.93. The fourth-order valence-electron chi connectivity index (χ4n) is 0.956. The van der Waals surface area contributed by atoms with Gasteiger partial charge in [-0.3, -0.25) is 4.99 Å². The van der Waals surface area contributed by atoms with E-state index in [-0.39, 0.29) is 0 Å². The Bertz CT molecular complexity index is 178. The molecule has 56 valence electrons. The summed E-state index contributed by atoms with van der Waals surface area (Å²) in [5.41, 5.74) is 1.43. The number of likely N-dealkylation sites (N-methyl/N-ethyl adjacent to an activating group) is 1. The Kier molecular flexibility index (Phi) is 2.10. The third-order valence-electron chi connectivity index (χ3n) is 1.61. The van der Waals surface area contributed by atoms with Gasteiger partial charge in [-0.15, -0.1) is 0 Å². The molecule has 0 N–H and O–H groups in total. The van der Waals surface area contributed by atoms with Gasteiger partial charge in [-0.05, 0) is 19.4 Å². The van der Waals surface area contributed by atoms with Crippen molar-refractivity contribution >= 4 is 5.84 Å². The minimum absolute atomic E-state index is 0.954. The molecule has 0 spiro atoms. The molecule has 0 saturated heterocycles. The summed E-state index contributed by atoms with van der Waals surface area (Å²) >= 11 is 0. The molecule has 0 amide bonds. The van der Waals surface area contributed by atoms with Crippen LogP contribution in [-0.4, -0.2) is 31.4 Å². The smallest absolute Gasteiger partial charge is 0.122 e. The van der Waals surface area contributed by atoms with Gasteiger partial charge in [0.05, 0.1) is 0 Å². The second-order valence-corrected chi connectivity index (χ2v) is 2.88. The van der Waals surface area contributed by atoms with Crippen LogP contribution in [0, 0.1) is 0 Å². The predicted molar refractivity (Wildman–Crippen MR) is 44.4 cm³/mol. The molecular formula is C8H14N2. The molecule has 0 aromatic heterocycles. The summed E-state index contributed by atoms with van der Waals surface area (Å²) in [5, 5.41) is 0. The van der Waals surface area contributed by atoms with Crippen LogP contribution in [0.1, 0.15) is 13.3 Å². The molecule has 10 heavy (non-hydrogen) atoms. The molecule has 0 unspecified atom stereocenters. The first kappa shape index (κ1) is 7.32. The van der Waals surface area contributed by atoms with Crippen LogP contribution in [0.5, 0.6) is 0 Å². The van der Waals surface area contributed by atoms with Gasteiger partial charge in [0.15, 0.2) is 0 Å². The SMILES string of the molecule is CC1=CC(N(C)C)=NCC1. The van der Waals surface area contributed by atoms with Crippen molar-refractivity contribution in [3.05, 3.63) is 11.6 Å². The van der Waals surface area contributed by atoms with E-state index in [4.69, 9.17) is 0 Å². The van der Waals surface area contributed by atoms with Crippen LogP contribution >= 0.6 is 0 Å². The van der Waals surface area contributed by atoms with E-state index in [1.54, 1.807) is 0 Å². The number of amidine groups is 1. The number of hydrogen-bond donors (Lipinski definition) is 0. The maximum absolute atomic E-state index is 4.35. The number of hydrogen-bond acceptors (Lipinski definition) is 2. The largest absolute Gasteiger partial charge is 0.363 e. The van der Waals surface area contributed by atoms with E-state index in [1.165, 1.54) is 5.57 Å². The molecule has 0 fully saturated rings. The lowest BCUT2D eigenvalue weighted by atomic mass is 10.1. The van der Waals surface area contributed by atoms with Gasteiger partial charge in [-0.25, -0.2) is 0 Å². The molecule has 0 aromatic rings. The van der Waals surface area contributed by atoms with Crippen LogP contribution in [-0.2, 0) is 0 Å². The van der Waals surface area contributed by atoms with Gasteiger partial charge < -0.3 is 4.90 Å². The van der Waals surface area contributed by atoms with E-state index in [9.17, 15) is 0 Å². The molecule has 1 rings (SSSR count). The minimum atomic E-state index is 0.954. The molecule has 2 nitrogen and oxygen atoms in total.